The molecule has 0 saturated heterocycles. The van der Waals surface area contributed by atoms with E-state index in [1.54, 1.807) is 38.3 Å². The Balaban J connectivity index is 2.48. The van der Waals surface area contributed by atoms with Crippen LogP contribution in [0.3, 0.4) is 0 Å². The predicted molar refractivity (Wildman–Crippen MR) is 82.1 cm³/mol. The van der Waals surface area contributed by atoms with Gasteiger partial charge in [-0.1, -0.05) is 13.3 Å². The van der Waals surface area contributed by atoms with Crippen LogP contribution >= 0.6 is 0 Å². The summed E-state index contributed by atoms with van der Waals surface area (Å²) in [7, 11) is 1.57. The Morgan fingerprint density at radius 3 is 2.32 bits per heavy atom. The zero-order valence-electron chi connectivity index (χ0n) is 13.2. The molecule has 2 unspecified atom stereocenters. The van der Waals surface area contributed by atoms with E-state index in [4.69, 9.17) is 14.6 Å². The molecular formula is C16H23NO5. The molecule has 0 aliphatic carbocycles. The molecule has 1 aromatic carbocycles. The average molecular weight is 309 g/mol. The third-order valence-corrected chi connectivity index (χ3v) is 3.25. The average Bonchev–Trinajstić information content (AvgIpc) is 2.51. The minimum absolute atomic E-state index is 0.109. The van der Waals surface area contributed by atoms with Crippen molar-refractivity contribution in [3.8, 4) is 11.5 Å². The summed E-state index contributed by atoms with van der Waals surface area (Å²) in [6.45, 7) is 3.64. The van der Waals surface area contributed by atoms with Gasteiger partial charge < -0.3 is 19.9 Å². The zero-order chi connectivity index (χ0) is 16.5. The predicted octanol–water partition coefficient (Wildman–Crippen LogP) is 2.08. The number of benzene rings is 1. The Bertz CT molecular complexity index is 486. The second kappa shape index (κ2) is 8.92. The van der Waals surface area contributed by atoms with Gasteiger partial charge in [0.1, 0.15) is 11.5 Å². The number of methoxy groups -OCH3 is 1. The van der Waals surface area contributed by atoms with Gasteiger partial charge in [-0.2, -0.15) is 0 Å². The van der Waals surface area contributed by atoms with Crippen LogP contribution in [0.1, 0.15) is 26.7 Å². The normalized spacial score (nSPS) is 13.0. The van der Waals surface area contributed by atoms with E-state index >= 15 is 0 Å². The van der Waals surface area contributed by atoms with Crippen molar-refractivity contribution in [2.75, 3.05) is 13.7 Å². The van der Waals surface area contributed by atoms with Crippen molar-refractivity contribution < 1.29 is 24.2 Å². The molecule has 0 spiro atoms. The van der Waals surface area contributed by atoms with Crippen molar-refractivity contribution in [2.24, 2.45) is 5.92 Å². The first-order valence-corrected chi connectivity index (χ1v) is 7.29. The monoisotopic (exact) mass is 309 g/mol. The number of amides is 1. The van der Waals surface area contributed by atoms with E-state index < -0.39 is 18.0 Å². The zero-order valence-corrected chi connectivity index (χ0v) is 13.2. The summed E-state index contributed by atoms with van der Waals surface area (Å²) in [5, 5.41) is 11.7. The molecule has 0 saturated carbocycles. The SMILES string of the molecule is CCCC(CNC(=O)C(C)Oc1ccc(OC)cc1)C(=O)O. The van der Waals surface area contributed by atoms with Crippen LogP contribution in [0.2, 0.25) is 0 Å². The fourth-order valence-corrected chi connectivity index (χ4v) is 1.94. The van der Waals surface area contributed by atoms with E-state index in [1.807, 2.05) is 6.92 Å². The number of ether oxygens (including phenoxy) is 2. The maximum Gasteiger partial charge on any atom is 0.308 e. The molecule has 0 aromatic heterocycles. The topological polar surface area (TPSA) is 84.9 Å². The van der Waals surface area contributed by atoms with Gasteiger partial charge >= 0.3 is 5.97 Å². The number of carboxylic acids is 1. The van der Waals surface area contributed by atoms with Gasteiger partial charge in [-0.25, -0.2) is 0 Å². The van der Waals surface area contributed by atoms with Crippen molar-refractivity contribution in [1.82, 2.24) is 5.32 Å². The molecule has 122 valence electrons. The molecular weight excluding hydrogens is 286 g/mol. The van der Waals surface area contributed by atoms with Crippen molar-refractivity contribution in [1.29, 1.82) is 0 Å². The number of carboxylic acid groups (broad SMARTS) is 1. The lowest BCUT2D eigenvalue weighted by Crippen LogP contribution is -2.40. The first kappa shape index (κ1) is 17.8. The molecule has 2 N–H and O–H groups in total. The van der Waals surface area contributed by atoms with Crippen molar-refractivity contribution in [3.63, 3.8) is 0 Å². The van der Waals surface area contributed by atoms with Crippen molar-refractivity contribution >= 4 is 11.9 Å². The summed E-state index contributed by atoms with van der Waals surface area (Å²) in [5.41, 5.74) is 0. The fourth-order valence-electron chi connectivity index (χ4n) is 1.94. The lowest BCUT2D eigenvalue weighted by Gasteiger charge is -2.17. The van der Waals surface area contributed by atoms with E-state index in [0.29, 0.717) is 17.9 Å². The van der Waals surface area contributed by atoms with Crippen LogP contribution in [0.4, 0.5) is 0 Å². The summed E-state index contributed by atoms with van der Waals surface area (Å²) in [5.74, 6) is -0.550. The molecule has 0 fully saturated rings. The number of carbonyl (C=O) groups excluding carboxylic acids is 1. The maximum atomic E-state index is 11.9. The molecule has 1 amide bonds. The highest BCUT2D eigenvalue weighted by molar-refractivity contribution is 5.81. The quantitative estimate of drug-likeness (QED) is 0.729. The molecule has 6 heteroatoms. The Labute approximate surface area is 130 Å². The summed E-state index contributed by atoms with van der Waals surface area (Å²) < 4.78 is 10.6. The van der Waals surface area contributed by atoms with Gasteiger partial charge in [0.05, 0.1) is 13.0 Å². The largest absolute Gasteiger partial charge is 0.497 e. The molecule has 0 heterocycles. The van der Waals surface area contributed by atoms with E-state index in [-0.39, 0.29) is 12.5 Å². The van der Waals surface area contributed by atoms with Crippen LogP contribution in [0.15, 0.2) is 24.3 Å². The lowest BCUT2D eigenvalue weighted by atomic mass is 10.0. The third kappa shape index (κ3) is 5.63. The number of nitrogens with one attached hydrogen (secondary N) is 1. The molecule has 6 nitrogen and oxygen atoms in total. The number of rotatable bonds is 9. The summed E-state index contributed by atoms with van der Waals surface area (Å²) in [6.07, 6.45) is 0.582. The molecule has 2 atom stereocenters. The van der Waals surface area contributed by atoms with Crippen molar-refractivity contribution in [3.05, 3.63) is 24.3 Å². The van der Waals surface area contributed by atoms with Crippen LogP contribution in [-0.4, -0.2) is 36.7 Å². The highest BCUT2D eigenvalue weighted by Crippen LogP contribution is 2.18. The van der Waals surface area contributed by atoms with E-state index in [9.17, 15) is 9.59 Å². The number of hydrogen-bond donors (Lipinski definition) is 2. The van der Waals surface area contributed by atoms with Gasteiger partial charge in [0.2, 0.25) is 0 Å². The molecule has 1 rings (SSSR count). The second-order valence-corrected chi connectivity index (χ2v) is 5.00. The van der Waals surface area contributed by atoms with Gasteiger partial charge in [-0.05, 0) is 37.6 Å². The Morgan fingerprint density at radius 2 is 1.82 bits per heavy atom. The van der Waals surface area contributed by atoms with Crippen LogP contribution in [0.5, 0.6) is 11.5 Å². The maximum absolute atomic E-state index is 11.9. The van der Waals surface area contributed by atoms with E-state index in [1.165, 1.54) is 0 Å². The number of aliphatic carboxylic acids is 1. The molecule has 1 aromatic rings. The standard InChI is InChI=1S/C16H23NO5/c1-4-5-12(16(19)20)10-17-15(18)11(2)22-14-8-6-13(21-3)7-9-14/h6-9,11-12H,4-5,10H2,1-3H3,(H,17,18)(H,19,20). The Morgan fingerprint density at radius 1 is 1.23 bits per heavy atom. The smallest absolute Gasteiger partial charge is 0.308 e. The number of hydrogen-bond acceptors (Lipinski definition) is 4. The van der Waals surface area contributed by atoms with Gasteiger partial charge in [-0.3, -0.25) is 9.59 Å². The minimum atomic E-state index is -0.897. The first-order chi connectivity index (χ1) is 10.5. The van der Waals surface area contributed by atoms with Crippen LogP contribution in [0, 0.1) is 5.92 Å². The Hall–Kier alpha value is -2.24. The lowest BCUT2D eigenvalue weighted by molar-refractivity contribution is -0.142. The molecule has 0 radical (unpaired) electrons. The van der Waals surface area contributed by atoms with Gasteiger partial charge in [-0.15, -0.1) is 0 Å². The second-order valence-electron chi connectivity index (χ2n) is 5.00. The van der Waals surface area contributed by atoms with E-state index in [2.05, 4.69) is 5.32 Å². The molecule has 0 aliphatic rings. The van der Waals surface area contributed by atoms with Crippen molar-refractivity contribution in [2.45, 2.75) is 32.8 Å². The van der Waals surface area contributed by atoms with Crippen LogP contribution in [-0.2, 0) is 9.59 Å². The third-order valence-electron chi connectivity index (χ3n) is 3.25. The van der Waals surface area contributed by atoms with Gasteiger partial charge in [0.25, 0.3) is 5.91 Å². The summed E-state index contributed by atoms with van der Waals surface area (Å²) in [4.78, 5) is 23.0. The van der Waals surface area contributed by atoms with Gasteiger partial charge in [0.15, 0.2) is 6.10 Å². The molecule has 22 heavy (non-hydrogen) atoms. The van der Waals surface area contributed by atoms with E-state index in [0.717, 1.165) is 6.42 Å². The fraction of sp³-hybridized carbons (Fsp3) is 0.500. The summed E-state index contributed by atoms with van der Waals surface area (Å²) in [6, 6.07) is 6.89. The number of carbonyl (C=O) groups is 2. The summed E-state index contributed by atoms with van der Waals surface area (Å²) >= 11 is 0. The van der Waals surface area contributed by atoms with Crippen LogP contribution < -0.4 is 14.8 Å². The molecule has 0 bridgehead atoms. The highest BCUT2D eigenvalue weighted by Gasteiger charge is 2.20. The highest BCUT2D eigenvalue weighted by atomic mass is 16.5. The van der Waals surface area contributed by atoms with Gasteiger partial charge in [0, 0.05) is 6.54 Å². The Kier molecular flexibility index (Phi) is 7.22. The first-order valence-electron chi connectivity index (χ1n) is 7.29. The minimum Gasteiger partial charge on any atom is -0.497 e. The molecule has 0 aliphatic heterocycles. The van der Waals surface area contributed by atoms with Crippen LogP contribution in [0.25, 0.3) is 0 Å².